The number of rotatable bonds is 7. The third kappa shape index (κ3) is 4.01. The number of para-hydroxylation sites is 1. The smallest absolute Gasteiger partial charge is 0.257 e. The second-order valence-electron chi connectivity index (χ2n) is 7.28. The highest BCUT2D eigenvalue weighted by molar-refractivity contribution is 6.01. The molecule has 1 heterocycles. The number of benzene rings is 3. The van der Waals surface area contributed by atoms with Crippen molar-refractivity contribution in [3.63, 3.8) is 0 Å². The zero-order valence-corrected chi connectivity index (χ0v) is 17.9. The number of anilines is 1. The molecule has 0 spiro atoms. The van der Waals surface area contributed by atoms with Crippen molar-refractivity contribution in [2.45, 2.75) is 12.6 Å². The van der Waals surface area contributed by atoms with Crippen molar-refractivity contribution >= 4 is 11.6 Å². The van der Waals surface area contributed by atoms with Crippen LogP contribution in [0.4, 0.5) is 5.69 Å². The summed E-state index contributed by atoms with van der Waals surface area (Å²) >= 11 is 0. The van der Waals surface area contributed by atoms with Crippen LogP contribution in [0.3, 0.4) is 0 Å². The van der Waals surface area contributed by atoms with Gasteiger partial charge in [0.1, 0.15) is 11.9 Å². The van der Waals surface area contributed by atoms with Crippen LogP contribution in [0.15, 0.2) is 66.7 Å². The van der Waals surface area contributed by atoms with E-state index < -0.39 is 6.17 Å². The van der Waals surface area contributed by atoms with Crippen molar-refractivity contribution in [1.29, 1.82) is 0 Å². The first-order valence-corrected chi connectivity index (χ1v) is 10.2. The number of ether oxygens (including phenoxy) is 3. The monoisotopic (exact) mass is 418 g/mol. The van der Waals surface area contributed by atoms with E-state index in [9.17, 15) is 4.79 Å². The van der Waals surface area contributed by atoms with E-state index in [1.54, 1.807) is 27.4 Å². The number of nitrogens with zero attached hydrogens (tertiary/aromatic N) is 1. The van der Waals surface area contributed by atoms with Crippen LogP contribution in [0.5, 0.6) is 17.2 Å². The van der Waals surface area contributed by atoms with Crippen molar-refractivity contribution in [2.75, 3.05) is 33.2 Å². The molecule has 4 rings (SSSR count). The van der Waals surface area contributed by atoms with Gasteiger partial charge in [-0.15, -0.1) is 0 Å². The van der Waals surface area contributed by atoms with Crippen LogP contribution in [-0.2, 0) is 6.42 Å². The van der Waals surface area contributed by atoms with E-state index in [0.717, 1.165) is 17.7 Å². The summed E-state index contributed by atoms with van der Waals surface area (Å²) < 4.78 is 16.6. The minimum atomic E-state index is -0.416. The summed E-state index contributed by atoms with van der Waals surface area (Å²) in [5.74, 6) is 1.75. The average molecular weight is 418 g/mol. The van der Waals surface area contributed by atoms with E-state index in [-0.39, 0.29) is 5.91 Å². The Morgan fingerprint density at radius 1 is 0.839 bits per heavy atom. The molecule has 3 aromatic carbocycles. The van der Waals surface area contributed by atoms with Crippen molar-refractivity contribution < 1.29 is 19.0 Å². The summed E-state index contributed by atoms with van der Waals surface area (Å²) in [6.07, 6.45) is 0.323. The molecule has 3 aromatic rings. The van der Waals surface area contributed by atoms with Gasteiger partial charge in [0.25, 0.3) is 5.91 Å². The van der Waals surface area contributed by atoms with Crippen LogP contribution >= 0.6 is 0 Å². The minimum absolute atomic E-state index is 0.0212. The molecular weight excluding hydrogens is 392 g/mol. The molecule has 1 N–H and O–H groups in total. The molecular formula is C25H26N2O4. The molecule has 0 saturated heterocycles. The lowest BCUT2D eigenvalue weighted by atomic mass is 10.0. The minimum Gasteiger partial charge on any atom is -0.496 e. The highest BCUT2D eigenvalue weighted by Gasteiger charge is 2.34. The Morgan fingerprint density at radius 3 is 2.19 bits per heavy atom. The number of nitrogens with one attached hydrogen (secondary N) is 1. The molecule has 0 fully saturated rings. The molecule has 0 aromatic heterocycles. The Balaban J connectivity index is 1.76. The highest BCUT2D eigenvalue weighted by atomic mass is 16.5. The SMILES string of the molecule is COc1cc(OC)c([C@H]2Nc3ccccc3C(=O)N2CCc2ccccc2)cc1OC. The predicted octanol–water partition coefficient (Wildman–Crippen LogP) is 4.52. The van der Waals surface area contributed by atoms with Crippen molar-refractivity contribution in [2.24, 2.45) is 0 Å². The average Bonchev–Trinajstić information content (AvgIpc) is 2.83. The number of methoxy groups -OCH3 is 3. The van der Waals surface area contributed by atoms with Crippen LogP contribution in [0.1, 0.15) is 27.7 Å². The van der Waals surface area contributed by atoms with Crippen LogP contribution in [0, 0.1) is 0 Å². The third-order valence-electron chi connectivity index (χ3n) is 5.54. The van der Waals surface area contributed by atoms with Gasteiger partial charge in [-0.05, 0) is 30.2 Å². The summed E-state index contributed by atoms with van der Waals surface area (Å²) in [6.45, 7) is 0.548. The van der Waals surface area contributed by atoms with E-state index in [1.165, 1.54) is 5.56 Å². The lowest BCUT2D eigenvalue weighted by Crippen LogP contribution is -2.44. The lowest BCUT2D eigenvalue weighted by Gasteiger charge is -2.39. The predicted molar refractivity (Wildman–Crippen MR) is 120 cm³/mol. The molecule has 31 heavy (non-hydrogen) atoms. The first kappa shape index (κ1) is 20.6. The molecule has 1 aliphatic rings. The summed E-state index contributed by atoms with van der Waals surface area (Å²) in [7, 11) is 4.79. The topological polar surface area (TPSA) is 60.0 Å². The van der Waals surface area contributed by atoms with Gasteiger partial charge in [-0.25, -0.2) is 0 Å². The largest absolute Gasteiger partial charge is 0.496 e. The molecule has 0 radical (unpaired) electrons. The second kappa shape index (κ2) is 9.00. The summed E-state index contributed by atoms with van der Waals surface area (Å²) in [5.41, 5.74) is 3.43. The van der Waals surface area contributed by atoms with Gasteiger partial charge in [-0.3, -0.25) is 4.79 Å². The van der Waals surface area contributed by atoms with E-state index in [0.29, 0.717) is 29.4 Å². The summed E-state index contributed by atoms with van der Waals surface area (Å²) in [4.78, 5) is 15.3. The quantitative estimate of drug-likeness (QED) is 0.611. The molecule has 1 amide bonds. The van der Waals surface area contributed by atoms with Crippen LogP contribution in [0.25, 0.3) is 0 Å². The molecule has 0 aliphatic carbocycles. The standard InChI is InChI=1S/C25H26N2O4/c1-29-21-16-23(31-3)22(30-2)15-19(21)24-26-20-12-8-7-11-18(20)25(28)27(24)14-13-17-9-5-4-6-10-17/h4-12,15-16,24,26H,13-14H2,1-3H3/t24-/m0/s1. The van der Waals surface area contributed by atoms with E-state index in [1.807, 2.05) is 53.4 Å². The Labute approximate surface area is 182 Å². The Morgan fingerprint density at radius 2 is 1.48 bits per heavy atom. The number of carbonyl (C=O) groups is 1. The van der Waals surface area contributed by atoms with E-state index in [4.69, 9.17) is 14.2 Å². The zero-order valence-electron chi connectivity index (χ0n) is 17.9. The number of amides is 1. The highest BCUT2D eigenvalue weighted by Crippen LogP contribution is 2.42. The van der Waals surface area contributed by atoms with Crippen LogP contribution in [0.2, 0.25) is 0 Å². The van der Waals surface area contributed by atoms with E-state index in [2.05, 4.69) is 17.4 Å². The molecule has 1 aliphatic heterocycles. The molecule has 160 valence electrons. The fourth-order valence-electron chi connectivity index (χ4n) is 3.93. The van der Waals surface area contributed by atoms with Crippen molar-refractivity contribution in [3.8, 4) is 17.2 Å². The summed E-state index contributed by atoms with van der Waals surface area (Å²) in [6, 6.07) is 21.4. The van der Waals surface area contributed by atoms with Gasteiger partial charge in [0, 0.05) is 23.9 Å². The van der Waals surface area contributed by atoms with Gasteiger partial charge < -0.3 is 24.4 Å². The maximum Gasteiger partial charge on any atom is 0.257 e. The molecule has 0 unspecified atom stereocenters. The fraction of sp³-hybridized carbons (Fsp3) is 0.240. The maximum absolute atomic E-state index is 13.5. The molecule has 6 nitrogen and oxygen atoms in total. The Hall–Kier alpha value is -3.67. The number of fused-ring (bicyclic) bond motifs is 1. The lowest BCUT2D eigenvalue weighted by molar-refractivity contribution is 0.0683. The molecule has 0 saturated carbocycles. The molecule has 0 bridgehead atoms. The normalized spacial score (nSPS) is 15.1. The van der Waals surface area contributed by atoms with Gasteiger partial charge in [0.05, 0.1) is 26.9 Å². The number of carbonyl (C=O) groups excluding carboxylic acids is 1. The second-order valence-corrected chi connectivity index (χ2v) is 7.28. The number of hydrogen-bond donors (Lipinski definition) is 1. The van der Waals surface area contributed by atoms with Crippen LogP contribution in [-0.4, -0.2) is 38.7 Å². The fourth-order valence-corrected chi connectivity index (χ4v) is 3.93. The first-order valence-electron chi connectivity index (χ1n) is 10.2. The maximum atomic E-state index is 13.5. The molecule has 6 heteroatoms. The van der Waals surface area contributed by atoms with Gasteiger partial charge in [0.15, 0.2) is 11.5 Å². The van der Waals surface area contributed by atoms with Gasteiger partial charge in [-0.1, -0.05) is 42.5 Å². The van der Waals surface area contributed by atoms with E-state index >= 15 is 0 Å². The van der Waals surface area contributed by atoms with Gasteiger partial charge in [0.2, 0.25) is 0 Å². The Bertz CT molecular complexity index is 1070. The van der Waals surface area contributed by atoms with Crippen molar-refractivity contribution in [1.82, 2.24) is 4.90 Å². The number of hydrogen-bond acceptors (Lipinski definition) is 5. The zero-order chi connectivity index (χ0) is 21.8. The summed E-state index contributed by atoms with van der Waals surface area (Å²) in [5, 5.41) is 3.52. The Kier molecular flexibility index (Phi) is 5.98. The first-order chi connectivity index (χ1) is 15.2. The van der Waals surface area contributed by atoms with Gasteiger partial charge >= 0.3 is 0 Å². The van der Waals surface area contributed by atoms with Crippen LogP contribution < -0.4 is 19.5 Å². The van der Waals surface area contributed by atoms with Crippen molar-refractivity contribution in [3.05, 3.63) is 83.4 Å². The third-order valence-corrected chi connectivity index (χ3v) is 5.54. The van der Waals surface area contributed by atoms with Gasteiger partial charge in [-0.2, -0.15) is 0 Å². The molecule has 1 atom stereocenters.